The van der Waals surface area contributed by atoms with Crippen molar-refractivity contribution >= 4 is 0 Å². The van der Waals surface area contributed by atoms with E-state index in [0.29, 0.717) is 25.7 Å². The highest BCUT2D eigenvalue weighted by atomic mass is 16.6. The lowest BCUT2D eigenvalue weighted by Crippen LogP contribution is -2.67. The first-order valence-corrected chi connectivity index (χ1v) is 11.5. The summed E-state index contributed by atoms with van der Waals surface area (Å²) in [6.45, 7) is 4.34. The van der Waals surface area contributed by atoms with Crippen LogP contribution in [0.25, 0.3) is 0 Å². The molecule has 5 fully saturated rings. The Labute approximate surface area is 176 Å². The molecule has 4 saturated carbocycles. The summed E-state index contributed by atoms with van der Waals surface area (Å²) in [6.07, 6.45) is 5.58. The lowest BCUT2D eigenvalue weighted by Gasteiger charge is -2.64. The van der Waals surface area contributed by atoms with Crippen LogP contribution in [0, 0.1) is 22.7 Å². The third-order valence-corrected chi connectivity index (χ3v) is 10.4. The topological polar surface area (TPSA) is 103 Å². The molecule has 6 heteroatoms. The first-order valence-electron chi connectivity index (χ1n) is 11.5. The summed E-state index contributed by atoms with van der Waals surface area (Å²) in [5.74, 6) is 0.541. The van der Waals surface area contributed by atoms with E-state index in [-0.39, 0.29) is 40.5 Å². The summed E-state index contributed by atoms with van der Waals surface area (Å²) < 4.78 is 11.6. The van der Waals surface area contributed by atoms with Gasteiger partial charge in [-0.15, -0.1) is 0 Å². The molecule has 6 rings (SSSR count). The minimum atomic E-state index is -0.874. The van der Waals surface area contributed by atoms with Gasteiger partial charge in [0, 0.05) is 23.8 Å². The Morgan fingerprint density at radius 3 is 2.60 bits per heavy atom. The molecule has 1 aromatic rings. The van der Waals surface area contributed by atoms with Crippen molar-refractivity contribution in [3.63, 3.8) is 0 Å². The van der Waals surface area contributed by atoms with E-state index >= 15 is 0 Å². The van der Waals surface area contributed by atoms with E-state index in [4.69, 9.17) is 9.15 Å². The number of hydrogen-bond acceptors (Lipinski definition) is 6. The Kier molecular flexibility index (Phi) is 3.75. The van der Waals surface area contributed by atoms with Crippen LogP contribution in [-0.2, 0) is 4.74 Å². The van der Waals surface area contributed by atoms with Crippen LogP contribution >= 0.6 is 0 Å². The molecular formula is C24H32O6. The third-order valence-electron chi connectivity index (χ3n) is 10.4. The van der Waals surface area contributed by atoms with Gasteiger partial charge in [0.05, 0.1) is 30.2 Å². The Bertz CT molecular complexity index is 923. The molecule has 2 heterocycles. The average Bonchev–Trinajstić information content (AvgIpc) is 3.35. The van der Waals surface area contributed by atoms with E-state index in [1.807, 2.05) is 6.07 Å². The Morgan fingerprint density at radius 1 is 1.07 bits per heavy atom. The molecule has 3 N–H and O–H groups in total. The van der Waals surface area contributed by atoms with Gasteiger partial charge in [-0.25, -0.2) is 4.79 Å². The normalized spacial score (nSPS) is 56.4. The van der Waals surface area contributed by atoms with Crippen LogP contribution in [0.1, 0.15) is 70.3 Å². The molecule has 1 spiro atoms. The van der Waals surface area contributed by atoms with Gasteiger partial charge in [0.2, 0.25) is 0 Å². The Hall–Kier alpha value is -1.21. The van der Waals surface area contributed by atoms with Gasteiger partial charge < -0.3 is 24.5 Å². The number of rotatable bonds is 1. The van der Waals surface area contributed by atoms with Crippen LogP contribution in [0.3, 0.4) is 0 Å². The fraction of sp³-hybridized carbons (Fsp3) is 0.792. The number of fused-ring (bicyclic) bond motifs is 3. The minimum absolute atomic E-state index is 0.0818. The molecule has 5 aliphatic rings. The van der Waals surface area contributed by atoms with Crippen LogP contribution < -0.4 is 5.63 Å². The van der Waals surface area contributed by atoms with Crippen molar-refractivity contribution in [1.82, 2.24) is 0 Å². The van der Waals surface area contributed by atoms with E-state index < -0.39 is 23.2 Å². The molecule has 1 aliphatic heterocycles. The molecular weight excluding hydrogens is 384 g/mol. The molecule has 6 nitrogen and oxygen atoms in total. The second-order valence-corrected chi connectivity index (χ2v) is 11.2. The van der Waals surface area contributed by atoms with E-state index in [2.05, 4.69) is 13.8 Å². The fourth-order valence-electron chi connectivity index (χ4n) is 8.70. The first-order chi connectivity index (χ1) is 14.2. The highest BCUT2D eigenvalue weighted by Gasteiger charge is 2.83. The summed E-state index contributed by atoms with van der Waals surface area (Å²) in [5.41, 5.74) is -1.41. The molecule has 0 radical (unpaired) electrons. The molecule has 0 aromatic carbocycles. The van der Waals surface area contributed by atoms with Crippen molar-refractivity contribution < 1.29 is 24.5 Å². The maximum Gasteiger partial charge on any atom is 0.335 e. The van der Waals surface area contributed by atoms with Crippen molar-refractivity contribution in [3.05, 3.63) is 34.4 Å². The molecule has 1 saturated heterocycles. The summed E-state index contributed by atoms with van der Waals surface area (Å²) in [7, 11) is 0. The van der Waals surface area contributed by atoms with Crippen molar-refractivity contribution in [2.24, 2.45) is 22.7 Å². The number of epoxide rings is 1. The molecule has 164 valence electrons. The lowest BCUT2D eigenvalue weighted by molar-refractivity contribution is -0.240. The molecule has 0 bridgehead atoms. The van der Waals surface area contributed by atoms with E-state index in [9.17, 15) is 20.1 Å². The van der Waals surface area contributed by atoms with E-state index in [1.165, 1.54) is 6.07 Å². The zero-order chi connectivity index (χ0) is 21.1. The number of ether oxygens (including phenoxy) is 1. The number of aliphatic hydroxyl groups excluding tert-OH is 2. The maximum atomic E-state index is 11.6. The summed E-state index contributed by atoms with van der Waals surface area (Å²) in [6, 6.07) is 3.30. The first kappa shape index (κ1) is 19.5. The highest BCUT2D eigenvalue weighted by molar-refractivity contribution is 5.37. The Balaban J connectivity index is 1.41. The van der Waals surface area contributed by atoms with Gasteiger partial charge >= 0.3 is 5.63 Å². The molecule has 30 heavy (non-hydrogen) atoms. The van der Waals surface area contributed by atoms with Crippen LogP contribution in [0.15, 0.2) is 27.6 Å². The quantitative estimate of drug-likeness (QED) is 0.607. The minimum Gasteiger partial charge on any atom is -0.431 e. The van der Waals surface area contributed by atoms with Gasteiger partial charge in [-0.1, -0.05) is 13.8 Å². The Morgan fingerprint density at radius 2 is 1.87 bits per heavy atom. The molecule has 0 amide bonds. The summed E-state index contributed by atoms with van der Waals surface area (Å²) >= 11 is 0. The number of aliphatic hydroxyl groups is 3. The maximum absolute atomic E-state index is 11.6. The monoisotopic (exact) mass is 416 g/mol. The second kappa shape index (κ2) is 5.77. The van der Waals surface area contributed by atoms with Gasteiger partial charge in [-0.05, 0) is 67.4 Å². The molecule has 0 unspecified atom stereocenters. The van der Waals surface area contributed by atoms with Crippen LogP contribution in [0.2, 0.25) is 0 Å². The summed E-state index contributed by atoms with van der Waals surface area (Å²) in [4.78, 5) is 11.5. The lowest BCUT2D eigenvalue weighted by atomic mass is 9.42. The standard InChI is InChI=1S/C24H32O6/c1-21-7-5-14(25)11-23(21,28)8-6-15-17(21)9-18(26)22(2)16(10-19-24(15,22)30-19)13-3-4-20(27)29-12-13/h3-4,12,14-19,25-26,28H,5-11H2,1-2H3/t14-,15+,16+,17-,18+,19+,21+,22-,23-,24+/m0/s1. The van der Waals surface area contributed by atoms with Crippen molar-refractivity contribution in [1.29, 1.82) is 0 Å². The predicted octanol–water partition coefficient (Wildman–Crippen LogP) is 2.34. The third kappa shape index (κ3) is 2.07. The van der Waals surface area contributed by atoms with Gasteiger partial charge in [0.1, 0.15) is 5.60 Å². The van der Waals surface area contributed by atoms with Crippen molar-refractivity contribution in [2.45, 2.75) is 94.2 Å². The van der Waals surface area contributed by atoms with Gasteiger partial charge in [-0.3, -0.25) is 0 Å². The summed E-state index contributed by atoms with van der Waals surface area (Å²) in [5, 5.41) is 33.4. The van der Waals surface area contributed by atoms with Crippen molar-refractivity contribution in [3.8, 4) is 0 Å². The van der Waals surface area contributed by atoms with Gasteiger partial charge in [-0.2, -0.15) is 0 Å². The fourth-order valence-corrected chi connectivity index (χ4v) is 8.70. The van der Waals surface area contributed by atoms with Crippen LogP contribution in [0.5, 0.6) is 0 Å². The van der Waals surface area contributed by atoms with Crippen LogP contribution in [-0.4, -0.2) is 44.8 Å². The molecule has 4 aliphatic carbocycles. The molecule has 1 aromatic heterocycles. The predicted molar refractivity (Wildman–Crippen MR) is 108 cm³/mol. The highest BCUT2D eigenvalue weighted by Crippen LogP contribution is 2.78. The zero-order valence-electron chi connectivity index (χ0n) is 17.7. The number of hydrogen-bond donors (Lipinski definition) is 3. The van der Waals surface area contributed by atoms with E-state index in [1.54, 1.807) is 6.26 Å². The van der Waals surface area contributed by atoms with Crippen molar-refractivity contribution in [2.75, 3.05) is 0 Å². The zero-order valence-corrected chi connectivity index (χ0v) is 17.7. The largest absolute Gasteiger partial charge is 0.431 e. The molecule has 10 atom stereocenters. The van der Waals surface area contributed by atoms with Gasteiger partial charge in [0.25, 0.3) is 0 Å². The second-order valence-electron chi connectivity index (χ2n) is 11.2. The SMILES string of the molecule is C[C@]12[C@H](O)C[C@H]3[C@@H](CC[C@]4(O)C[C@@H](O)CC[C@]34C)[C@]13O[C@@H]3C[C@@H]2c1ccc(=O)oc1. The average molecular weight is 417 g/mol. The van der Waals surface area contributed by atoms with Gasteiger partial charge in [0.15, 0.2) is 0 Å². The van der Waals surface area contributed by atoms with Crippen LogP contribution in [0.4, 0.5) is 0 Å². The van der Waals surface area contributed by atoms with E-state index in [0.717, 1.165) is 24.8 Å². The smallest absolute Gasteiger partial charge is 0.335 e.